The topological polar surface area (TPSA) is 65.1 Å². The minimum Gasteiger partial charge on any atom is -0.492 e. The van der Waals surface area contributed by atoms with Crippen LogP contribution in [0.3, 0.4) is 0 Å². The molecule has 0 bridgehead atoms. The summed E-state index contributed by atoms with van der Waals surface area (Å²) in [5.74, 6) is 1.69. The third kappa shape index (κ3) is 4.75. The van der Waals surface area contributed by atoms with E-state index in [0.717, 1.165) is 33.9 Å². The first-order valence-corrected chi connectivity index (χ1v) is 11.7. The molecule has 0 aliphatic heterocycles. The molecule has 5 rings (SSSR count). The summed E-state index contributed by atoms with van der Waals surface area (Å²) in [5.41, 5.74) is 9.31. The summed E-state index contributed by atoms with van der Waals surface area (Å²) in [4.78, 5) is 0. The van der Waals surface area contributed by atoms with Crippen molar-refractivity contribution in [1.82, 2.24) is 9.78 Å². The number of ether oxygens (including phenoxy) is 1. The average Bonchev–Trinajstić information content (AvgIpc) is 3.36. The second-order valence-corrected chi connectivity index (χ2v) is 8.33. The van der Waals surface area contributed by atoms with Crippen LogP contribution in [-0.2, 0) is 12.1 Å². The molecule has 0 radical (unpaired) electrons. The number of anilines is 2. The molecule has 0 aliphatic carbocycles. The molecule has 0 aliphatic rings. The summed E-state index contributed by atoms with van der Waals surface area (Å²) < 4.78 is 7.87. The third-order valence-corrected chi connectivity index (χ3v) is 6.10. The van der Waals surface area contributed by atoms with E-state index >= 15 is 0 Å². The summed E-state index contributed by atoms with van der Waals surface area (Å²) in [5, 5.41) is 8.46. The zero-order valence-corrected chi connectivity index (χ0v) is 19.4. The van der Waals surface area contributed by atoms with E-state index in [2.05, 4.69) is 83.2 Å². The molecule has 174 valence electrons. The van der Waals surface area contributed by atoms with Gasteiger partial charge in [0.2, 0.25) is 0 Å². The Morgan fingerprint density at radius 1 is 0.686 bits per heavy atom. The van der Waals surface area contributed by atoms with Crippen LogP contribution in [0.25, 0.3) is 0 Å². The average molecular weight is 461 g/mol. The Balaban J connectivity index is 1.51. The van der Waals surface area contributed by atoms with E-state index in [9.17, 15) is 0 Å². The number of hydrogen-bond donors (Lipinski definition) is 2. The summed E-state index contributed by atoms with van der Waals surface area (Å²) >= 11 is 0. The Hall–Kier alpha value is -4.51. The van der Waals surface area contributed by atoms with Gasteiger partial charge in [0.25, 0.3) is 0 Å². The molecule has 5 nitrogen and oxygen atoms in total. The first-order chi connectivity index (χ1) is 17.3. The van der Waals surface area contributed by atoms with Crippen LogP contribution in [0.1, 0.15) is 16.7 Å². The van der Waals surface area contributed by atoms with Crippen LogP contribution in [-0.4, -0.2) is 16.4 Å². The number of rotatable bonds is 9. The van der Waals surface area contributed by atoms with Gasteiger partial charge in [-0.2, -0.15) is 5.10 Å². The molecule has 5 aromatic rings. The molecule has 0 saturated carbocycles. The van der Waals surface area contributed by atoms with Gasteiger partial charge in [-0.25, -0.2) is 4.68 Å². The van der Waals surface area contributed by atoms with Crippen molar-refractivity contribution in [3.05, 3.63) is 144 Å². The Morgan fingerprint density at radius 3 is 1.71 bits per heavy atom. The van der Waals surface area contributed by atoms with Crippen LogP contribution in [0.4, 0.5) is 11.5 Å². The Morgan fingerprint density at radius 2 is 1.20 bits per heavy atom. The molecule has 35 heavy (non-hydrogen) atoms. The SMILES string of the molecule is Nc1ccc(OCCn2nccc2NC(c2ccccc2)(c2ccccc2)c2ccccc2)cc1. The summed E-state index contributed by atoms with van der Waals surface area (Å²) in [6.07, 6.45) is 1.82. The summed E-state index contributed by atoms with van der Waals surface area (Å²) in [6, 6.07) is 41.0. The zero-order valence-electron chi connectivity index (χ0n) is 19.4. The fraction of sp³-hybridized carbons (Fsp3) is 0.100. The highest BCUT2D eigenvalue weighted by Gasteiger charge is 2.37. The van der Waals surface area contributed by atoms with Gasteiger partial charge in [0.05, 0.1) is 12.7 Å². The molecule has 3 N–H and O–H groups in total. The number of hydrogen-bond acceptors (Lipinski definition) is 4. The number of aromatic nitrogens is 2. The van der Waals surface area contributed by atoms with Gasteiger partial charge in [-0.05, 0) is 41.0 Å². The van der Waals surface area contributed by atoms with Gasteiger partial charge in [-0.1, -0.05) is 91.0 Å². The molecule has 0 fully saturated rings. The first kappa shape index (κ1) is 22.3. The number of nitrogen functional groups attached to an aromatic ring is 1. The summed E-state index contributed by atoms with van der Waals surface area (Å²) in [6.45, 7) is 1.07. The second-order valence-electron chi connectivity index (χ2n) is 8.33. The van der Waals surface area contributed by atoms with Gasteiger partial charge >= 0.3 is 0 Å². The Bertz CT molecular complexity index is 1240. The predicted octanol–water partition coefficient (Wildman–Crippen LogP) is 5.95. The van der Waals surface area contributed by atoms with Gasteiger partial charge < -0.3 is 15.8 Å². The molecular formula is C30H28N4O. The molecule has 5 heteroatoms. The Kier molecular flexibility index (Phi) is 6.48. The molecular weight excluding hydrogens is 432 g/mol. The highest BCUT2D eigenvalue weighted by atomic mass is 16.5. The van der Waals surface area contributed by atoms with Crippen LogP contribution in [0.15, 0.2) is 128 Å². The van der Waals surface area contributed by atoms with Gasteiger partial charge in [-0.15, -0.1) is 0 Å². The second kappa shape index (κ2) is 10.2. The predicted molar refractivity (Wildman–Crippen MR) is 141 cm³/mol. The molecule has 0 spiro atoms. The first-order valence-electron chi connectivity index (χ1n) is 11.7. The standard InChI is InChI=1S/C30H28N4O/c31-27-16-18-28(19-17-27)35-23-22-34-29(20-21-32-34)33-30(24-10-4-1-5-11-24,25-12-6-2-7-13-25)26-14-8-3-9-15-26/h1-21,33H,22-23,31H2. The van der Waals surface area contributed by atoms with Crippen molar-refractivity contribution in [3.63, 3.8) is 0 Å². The number of nitrogens with two attached hydrogens (primary N) is 1. The van der Waals surface area contributed by atoms with Crippen molar-refractivity contribution >= 4 is 11.5 Å². The van der Waals surface area contributed by atoms with Gasteiger partial charge in [0.15, 0.2) is 0 Å². The third-order valence-electron chi connectivity index (χ3n) is 6.10. The van der Waals surface area contributed by atoms with E-state index in [1.807, 2.05) is 59.4 Å². The molecule has 1 aromatic heterocycles. The van der Waals surface area contributed by atoms with Crippen LogP contribution in [0.2, 0.25) is 0 Å². The van der Waals surface area contributed by atoms with E-state index in [1.54, 1.807) is 0 Å². The monoisotopic (exact) mass is 460 g/mol. The number of nitrogens with one attached hydrogen (secondary N) is 1. The van der Waals surface area contributed by atoms with Crippen molar-refractivity contribution in [3.8, 4) is 5.75 Å². The normalized spacial score (nSPS) is 11.2. The molecule has 1 heterocycles. The summed E-state index contributed by atoms with van der Waals surface area (Å²) in [7, 11) is 0. The van der Waals surface area contributed by atoms with Crippen LogP contribution < -0.4 is 15.8 Å². The molecule has 0 unspecified atom stereocenters. The molecule has 0 amide bonds. The van der Waals surface area contributed by atoms with Crippen LogP contribution >= 0.6 is 0 Å². The van der Waals surface area contributed by atoms with Crippen molar-refractivity contribution in [2.45, 2.75) is 12.1 Å². The van der Waals surface area contributed by atoms with Crippen molar-refractivity contribution < 1.29 is 4.74 Å². The maximum atomic E-state index is 5.93. The Labute approximate surface area is 205 Å². The lowest BCUT2D eigenvalue weighted by Crippen LogP contribution is -2.39. The molecule has 0 atom stereocenters. The van der Waals surface area contributed by atoms with Crippen LogP contribution in [0, 0.1) is 0 Å². The maximum absolute atomic E-state index is 5.93. The quantitative estimate of drug-likeness (QED) is 0.211. The van der Waals surface area contributed by atoms with E-state index < -0.39 is 5.54 Å². The zero-order chi connectivity index (χ0) is 23.9. The lowest BCUT2D eigenvalue weighted by molar-refractivity contribution is 0.292. The lowest BCUT2D eigenvalue weighted by atomic mass is 9.77. The molecule has 4 aromatic carbocycles. The minimum absolute atomic E-state index is 0.481. The van der Waals surface area contributed by atoms with E-state index in [0.29, 0.717) is 13.2 Å². The van der Waals surface area contributed by atoms with Gasteiger partial charge in [-0.3, -0.25) is 0 Å². The van der Waals surface area contributed by atoms with Crippen molar-refractivity contribution in [2.75, 3.05) is 17.7 Å². The van der Waals surface area contributed by atoms with Gasteiger partial charge in [0, 0.05) is 11.8 Å². The minimum atomic E-state index is -0.612. The fourth-order valence-corrected chi connectivity index (χ4v) is 4.40. The number of benzene rings is 4. The maximum Gasteiger partial charge on any atom is 0.125 e. The van der Waals surface area contributed by atoms with Crippen LogP contribution in [0.5, 0.6) is 5.75 Å². The van der Waals surface area contributed by atoms with E-state index in [-0.39, 0.29) is 0 Å². The van der Waals surface area contributed by atoms with Crippen molar-refractivity contribution in [1.29, 1.82) is 0 Å². The highest BCUT2D eigenvalue weighted by molar-refractivity contribution is 5.58. The highest BCUT2D eigenvalue weighted by Crippen LogP contribution is 2.39. The smallest absolute Gasteiger partial charge is 0.125 e. The van der Waals surface area contributed by atoms with E-state index in [1.165, 1.54) is 0 Å². The number of nitrogens with zero attached hydrogens (tertiary/aromatic N) is 2. The van der Waals surface area contributed by atoms with Crippen molar-refractivity contribution in [2.24, 2.45) is 0 Å². The van der Waals surface area contributed by atoms with Gasteiger partial charge in [0.1, 0.15) is 23.7 Å². The molecule has 0 saturated heterocycles. The fourth-order valence-electron chi connectivity index (χ4n) is 4.40. The largest absolute Gasteiger partial charge is 0.492 e. The van der Waals surface area contributed by atoms with E-state index in [4.69, 9.17) is 10.5 Å². The lowest BCUT2D eigenvalue weighted by Gasteiger charge is -2.37.